The summed E-state index contributed by atoms with van der Waals surface area (Å²) in [6.07, 6.45) is 7.50. The normalized spacial score (nSPS) is 25.6. The molecule has 0 aliphatic carbocycles. The molecule has 0 saturated heterocycles. The minimum Gasteiger partial charge on any atom is -0.494 e. The van der Waals surface area contributed by atoms with Gasteiger partial charge in [0.1, 0.15) is 11.5 Å². The van der Waals surface area contributed by atoms with Gasteiger partial charge in [0.05, 0.1) is 46.7 Å². The Hall–Kier alpha value is -3.70. The van der Waals surface area contributed by atoms with Gasteiger partial charge in [0.25, 0.3) is 0 Å². The van der Waals surface area contributed by atoms with Crippen molar-refractivity contribution in [2.24, 2.45) is 10.8 Å². The summed E-state index contributed by atoms with van der Waals surface area (Å²) >= 11 is 0. The molecule has 4 aromatic carbocycles. The van der Waals surface area contributed by atoms with E-state index >= 15 is 0 Å². The Balaban J connectivity index is 1.08. The summed E-state index contributed by atoms with van der Waals surface area (Å²) < 4.78 is 68.8. The molecule has 2 heterocycles. The number of aliphatic hydroxyl groups is 2. The van der Waals surface area contributed by atoms with Gasteiger partial charge >= 0.3 is 0 Å². The van der Waals surface area contributed by atoms with Gasteiger partial charge in [-0.2, -0.15) is 0 Å². The molecule has 0 radical (unpaired) electrons. The standard InChI is InChI=1S/C50H66O8S2/c1-5-9-29-49(7-3)35-59(53,54)43-33-39(25-27-41(43)45(47(49)51)37-21-15-13-16-22-37)57-31-19-11-12-20-32-58-40-26-28-42-44(34-40)60(55,56)36-50(8-4,30-10-6-2)48(52)46(42)38-23-17-14-18-24-38/h13-18,21-28,33-34,45-48,51-52H,5-12,19-20,29-32,35-36H2,1-4H3/t45-,46+,47-,48+,49+,50-. The molecule has 6 atom stereocenters. The van der Waals surface area contributed by atoms with Crippen molar-refractivity contribution in [3.63, 3.8) is 0 Å². The first kappa shape index (κ1) is 45.8. The quantitative estimate of drug-likeness (QED) is 0.0893. The predicted octanol–water partition coefficient (Wildman–Crippen LogP) is 10.4. The van der Waals surface area contributed by atoms with Crippen LogP contribution >= 0.6 is 0 Å². The van der Waals surface area contributed by atoms with Crippen molar-refractivity contribution in [3.05, 3.63) is 119 Å². The molecule has 0 amide bonds. The zero-order chi connectivity index (χ0) is 43.0. The number of benzene rings is 4. The van der Waals surface area contributed by atoms with Crippen molar-refractivity contribution in [1.82, 2.24) is 0 Å². The third-order valence-electron chi connectivity index (χ3n) is 13.5. The number of unbranched alkanes of at least 4 members (excludes halogenated alkanes) is 5. The first-order chi connectivity index (χ1) is 28.8. The van der Waals surface area contributed by atoms with Gasteiger partial charge in [-0.1, -0.05) is 126 Å². The molecule has 0 spiro atoms. The maximum atomic E-state index is 14.1. The van der Waals surface area contributed by atoms with Crippen LogP contribution in [0.15, 0.2) is 107 Å². The summed E-state index contributed by atoms with van der Waals surface area (Å²) in [5.74, 6) is -0.149. The Morgan fingerprint density at radius 1 is 0.533 bits per heavy atom. The van der Waals surface area contributed by atoms with E-state index in [4.69, 9.17) is 9.47 Å². The molecular weight excluding hydrogens is 793 g/mol. The lowest BCUT2D eigenvalue weighted by Crippen LogP contribution is -2.42. The number of hydrogen-bond acceptors (Lipinski definition) is 8. The molecule has 0 fully saturated rings. The van der Waals surface area contributed by atoms with Gasteiger partial charge in [0.15, 0.2) is 19.7 Å². The fraction of sp³-hybridized carbons (Fsp3) is 0.520. The number of sulfone groups is 2. The maximum absolute atomic E-state index is 14.1. The first-order valence-electron chi connectivity index (χ1n) is 22.3. The monoisotopic (exact) mass is 858 g/mol. The molecule has 6 rings (SSSR count). The molecule has 0 unspecified atom stereocenters. The van der Waals surface area contributed by atoms with E-state index in [1.165, 1.54) is 0 Å². The summed E-state index contributed by atoms with van der Waals surface area (Å²) in [5.41, 5.74) is 1.52. The predicted molar refractivity (Wildman–Crippen MR) is 240 cm³/mol. The lowest BCUT2D eigenvalue weighted by atomic mass is 9.69. The largest absolute Gasteiger partial charge is 0.494 e. The van der Waals surface area contributed by atoms with Crippen LogP contribution in [0, 0.1) is 10.8 Å². The van der Waals surface area contributed by atoms with Crippen LogP contribution in [0.2, 0.25) is 0 Å². The molecule has 60 heavy (non-hydrogen) atoms. The molecular formula is C50H66O8S2. The summed E-state index contributed by atoms with van der Waals surface area (Å²) in [6, 6.07) is 30.1. The topological polar surface area (TPSA) is 127 Å². The molecule has 2 aliphatic rings. The van der Waals surface area contributed by atoms with Crippen LogP contribution in [-0.4, -0.2) is 64.0 Å². The average molecular weight is 859 g/mol. The Labute approximate surface area is 359 Å². The van der Waals surface area contributed by atoms with E-state index in [0.717, 1.165) is 62.5 Å². The van der Waals surface area contributed by atoms with Crippen molar-refractivity contribution in [3.8, 4) is 11.5 Å². The van der Waals surface area contributed by atoms with Crippen LogP contribution in [0.3, 0.4) is 0 Å². The van der Waals surface area contributed by atoms with Crippen molar-refractivity contribution in [1.29, 1.82) is 0 Å². The van der Waals surface area contributed by atoms with Crippen molar-refractivity contribution in [2.75, 3.05) is 24.7 Å². The van der Waals surface area contributed by atoms with E-state index in [9.17, 15) is 27.0 Å². The van der Waals surface area contributed by atoms with Crippen LogP contribution < -0.4 is 9.47 Å². The minimum absolute atomic E-state index is 0.100. The van der Waals surface area contributed by atoms with Crippen molar-refractivity contribution < 1.29 is 36.5 Å². The highest BCUT2D eigenvalue weighted by Crippen LogP contribution is 2.51. The zero-order valence-electron chi connectivity index (χ0n) is 36.0. The fourth-order valence-electron chi connectivity index (χ4n) is 9.85. The second kappa shape index (κ2) is 20.0. The molecule has 0 bridgehead atoms. The molecule has 326 valence electrons. The number of fused-ring (bicyclic) bond motifs is 2. The Morgan fingerprint density at radius 3 is 1.27 bits per heavy atom. The van der Waals surface area contributed by atoms with Crippen LogP contribution in [0.4, 0.5) is 0 Å². The highest BCUT2D eigenvalue weighted by Gasteiger charge is 2.50. The van der Waals surface area contributed by atoms with Crippen molar-refractivity contribution in [2.45, 2.75) is 139 Å². The van der Waals surface area contributed by atoms with E-state index in [2.05, 4.69) is 13.8 Å². The summed E-state index contributed by atoms with van der Waals surface area (Å²) in [6.45, 7) is 9.02. The zero-order valence-corrected chi connectivity index (χ0v) is 37.7. The molecule has 2 N–H and O–H groups in total. The van der Waals surface area contributed by atoms with Gasteiger partial charge in [-0.15, -0.1) is 0 Å². The second-order valence-corrected chi connectivity index (χ2v) is 21.2. The fourth-order valence-corrected chi connectivity index (χ4v) is 14.4. The van der Waals surface area contributed by atoms with Crippen molar-refractivity contribution >= 4 is 19.7 Å². The van der Waals surface area contributed by atoms with Gasteiger partial charge in [-0.25, -0.2) is 16.8 Å². The summed E-state index contributed by atoms with van der Waals surface area (Å²) in [5, 5.41) is 24.1. The Bertz CT molecular complexity index is 2070. The lowest BCUT2D eigenvalue weighted by Gasteiger charge is -2.39. The Morgan fingerprint density at radius 2 is 0.917 bits per heavy atom. The van der Waals surface area contributed by atoms with Crippen LogP contribution in [-0.2, 0) is 19.7 Å². The molecule has 10 heteroatoms. The molecule has 0 aromatic heterocycles. The summed E-state index contributed by atoms with van der Waals surface area (Å²) in [7, 11) is -7.47. The molecule has 2 aliphatic heterocycles. The number of hydrogen-bond donors (Lipinski definition) is 2. The number of aliphatic hydroxyl groups excluding tert-OH is 2. The van der Waals surface area contributed by atoms with E-state index < -0.39 is 54.5 Å². The Kier molecular flexibility index (Phi) is 15.3. The van der Waals surface area contributed by atoms with Gasteiger partial charge in [0, 0.05) is 22.7 Å². The van der Waals surface area contributed by atoms with E-state index in [1.807, 2.05) is 98.8 Å². The highest BCUT2D eigenvalue weighted by molar-refractivity contribution is 7.91. The van der Waals surface area contributed by atoms with Gasteiger partial charge < -0.3 is 19.7 Å². The molecule has 8 nitrogen and oxygen atoms in total. The second-order valence-electron chi connectivity index (χ2n) is 17.3. The third-order valence-corrected chi connectivity index (χ3v) is 17.5. The van der Waals surface area contributed by atoms with Gasteiger partial charge in [-0.05, 0) is 97.9 Å². The van der Waals surface area contributed by atoms with Crippen LogP contribution in [0.1, 0.15) is 139 Å². The smallest absolute Gasteiger partial charge is 0.179 e. The third kappa shape index (κ3) is 9.83. The minimum atomic E-state index is -3.73. The summed E-state index contributed by atoms with van der Waals surface area (Å²) in [4.78, 5) is 0.492. The maximum Gasteiger partial charge on any atom is 0.179 e. The first-order valence-corrected chi connectivity index (χ1v) is 25.6. The lowest BCUT2D eigenvalue weighted by molar-refractivity contribution is 0.0173. The number of ether oxygens (including phenoxy) is 2. The molecule has 4 aromatic rings. The van der Waals surface area contributed by atoms with Crippen LogP contribution in [0.5, 0.6) is 11.5 Å². The highest BCUT2D eigenvalue weighted by atomic mass is 32.2. The van der Waals surface area contributed by atoms with E-state index in [-0.39, 0.29) is 21.3 Å². The number of rotatable bonds is 19. The van der Waals surface area contributed by atoms with E-state index in [0.29, 0.717) is 61.5 Å². The SMILES string of the molecule is CCCC[C@@]1(CC)CS(=O)(=O)c2cc(OCCCCCCOc3ccc4c(c3)S(=O)(=O)C[C@@](CC)(CCCC)[C@@H](O)[C@H]4c3ccccc3)ccc2[C@@H](c2ccccc2)[C@H]1O. The molecule has 0 saturated carbocycles. The van der Waals surface area contributed by atoms with Gasteiger partial charge in [0.2, 0.25) is 0 Å². The average Bonchev–Trinajstić information content (AvgIpc) is 3.37. The van der Waals surface area contributed by atoms with Crippen LogP contribution in [0.25, 0.3) is 0 Å². The van der Waals surface area contributed by atoms with E-state index in [1.54, 1.807) is 12.1 Å². The van der Waals surface area contributed by atoms with Gasteiger partial charge in [-0.3, -0.25) is 0 Å².